The van der Waals surface area contributed by atoms with Crippen LogP contribution in [0.15, 0.2) is 48.8 Å². The van der Waals surface area contributed by atoms with E-state index in [2.05, 4.69) is 15.3 Å². The number of carbonyl (C=O) groups is 2. The lowest BCUT2D eigenvalue weighted by atomic mass is 9.75. The number of nitrogens with zero attached hydrogens (tertiary/aromatic N) is 5. The second-order valence-corrected chi connectivity index (χ2v) is 9.29. The van der Waals surface area contributed by atoms with Crippen molar-refractivity contribution in [3.05, 3.63) is 77.1 Å². The Morgan fingerprint density at radius 2 is 1.92 bits per heavy atom. The fraction of sp³-hybridized carbons (Fsp3) is 0.231. The van der Waals surface area contributed by atoms with Gasteiger partial charge in [-0.05, 0) is 87.3 Å². The number of carbonyl (C=O) groups excluding carboxylic acids is 2. The monoisotopic (exact) mass is 500 g/mol. The Hall–Kier alpha value is -4.23. The van der Waals surface area contributed by atoms with Gasteiger partial charge in [0.15, 0.2) is 5.11 Å². The highest BCUT2D eigenvalue weighted by Gasteiger charge is 2.59. The second-order valence-electron chi connectivity index (χ2n) is 8.92. The second kappa shape index (κ2) is 8.77. The van der Waals surface area contributed by atoms with E-state index in [0.29, 0.717) is 35.5 Å². The summed E-state index contributed by atoms with van der Waals surface area (Å²) in [4.78, 5) is 37.6. The molecule has 0 bridgehead atoms. The molecule has 10 heteroatoms. The molecule has 1 saturated carbocycles. The number of hydrogen-bond acceptors (Lipinski definition) is 6. The van der Waals surface area contributed by atoms with Crippen molar-refractivity contribution in [1.82, 2.24) is 9.97 Å². The average Bonchev–Trinajstić information content (AvgIpc) is 3.07. The molecule has 36 heavy (non-hydrogen) atoms. The van der Waals surface area contributed by atoms with E-state index in [9.17, 15) is 14.9 Å². The van der Waals surface area contributed by atoms with Crippen LogP contribution in [0.4, 0.5) is 21.5 Å². The minimum Gasteiger partial charge on any atom is -0.320 e. The van der Waals surface area contributed by atoms with E-state index >= 15 is 4.39 Å². The quantitative estimate of drug-likeness (QED) is 0.529. The smallest absolute Gasteiger partial charge is 0.259 e. The summed E-state index contributed by atoms with van der Waals surface area (Å²) in [5, 5.41) is 12.0. The number of benzene rings is 1. The van der Waals surface area contributed by atoms with Gasteiger partial charge in [-0.2, -0.15) is 5.26 Å². The molecule has 2 aliphatic rings. The zero-order valence-electron chi connectivity index (χ0n) is 19.6. The van der Waals surface area contributed by atoms with Gasteiger partial charge in [-0.25, -0.2) is 9.37 Å². The van der Waals surface area contributed by atoms with Gasteiger partial charge in [0.05, 0.1) is 29.3 Å². The summed E-state index contributed by atoms with van der Waals surface area (Å²) in [6.45, 7) is 3.56. The molecule has 3 heterocycles. The molecule has 1 aliphatic heterocycles. The Bertz CT molecular complexity index is 1460. The van der Waals surface area contributed by atoms with Crippen molar-refractivity contribution in [2.75, 3.05) is 15.1 Å². The molecule has 1 aliphatic carbocycles. The Kier molecular flexibility index (Phi) is 5.73. The van der Waals surface area contributed by atoms with E-state index in [1.165, 1.54) is 29.4 Å². The zero-order chi connectivity index (χ0) is 25.6. The summed E-state index contributed by atoms with van der Waals surface area (Å²) in [6, 6.07) is 11.4. The Morgan fingerprint density at radius 3 is 2.50 bits per heavy atom. The zero-order valence-corrected chi connectivity index (χ0v) is 20.4. The fourth-order valence-electron chi connectivity index (χ4n) is 4.57. The molecule has 8 nitrogen and oxygen atoms in total. The molecular weight excluding hydrogens is 479 g/mol. The summed E-state index contributed by atoms with van der Waals surface area (Å²) >= 11 is 5.71. The number of rotatable bonds is 4. The van der Waals surface area contributed by atoms with Crippen molar-refractivity contribution in [3.63, 3.8) is 0 Å². The lowest BCUT2D eigenvalue weighted by Crippen LogP contribution is -2.55. The summed E-state index contributed by atoms with van der Waals surface area (Å²) in [6.07, 6.45) is 4.91. The molecule has 0 radical (unpaired) electrons. The maximum absolute atomic E-state index is 15.2. The van der Waals surface area contributed by atoms with Crippen LogP contribution in [0.2, 0.25) is 0 Å². The highest BCUT2D eigenvalue weighted by Crippen LogP contribution is 2.48. The molecule has 180 valence electrons. The van der Waals surface area contributed by atoms with Crippen LogP contribution in [0.3, 0.4) is 0 Å². The predicted octanol–water partition coefficient (Wildman–Crippen LogP) is 4.42. The largest absolute Gasteiger partial charge is 0.320 e. The number of nitriles is 1. The maximum Gasteiger partial charge on any atom is 0.259 e. The molecule has 5 rings (SSSR count). The van der Waals surface area contributed by atoms with E-state index in [1.54, 1.807) is 36.1 Å². The van der Waals surface area contributed by atoms with Gasteiger partial charge >= 0.3 is 0 Å². The summed E-state index contributed by atoms with van der Waals surface area (Å²) in [5.41, 5.74) is 1.94. The predicted molar refractivity (Wildman–Crippen MR) is 136 cm³/mol. The summed E-state index contributed by atoms with van der Waals surface area (Å²) in [5.74, 6) is -1.55. The van der Waals surface area contributed by atoms with Crippen LogP contribution in [0, 0.1) is 31.0 Å². The SMILES string of the molecule is Cc1ccc(NC(=O)c2ccc(N3C(=S)N(c4cnc(C#N)c(C)c4)C(=O)C34CCC4)cc2F)cn1. The first-order chi connectivity index (χ1) is 17.2. The minimum absolute atomic E-state index is 0.137. The molecular formula is C26H21FN6O2S. The van der Waals surface area contributed by atoms with Crippen LogP contribution in [-0.4, -0.2) is 32.4 Å². The molecule has 0 atom stereocenters. The van der Waals surface area contributed by atoms with Gasteiger partial charge in [0.2, 0.25) is 0 Å². The van der Waals surface area contributed by atoms with E-state index < -0.39 is 17.3 Å². The minimum atomic E-state index is -0.914. The first kappa shape index (κ1) is 23.5. The van der Waals surface area contributed by atoms with Crippen molar-refractivity contribution in [2.45, 2.75) is 38.6 Å². The first-order valence-electron chi connectivity index (χ1n) is 11.3. The normalized spacial score (nSPS) is 16.2. The molecule has 2 fully saturated rings. The van der Waals surface area contributed by atoms with Crippen molar-refractivity contribution in [3.8, 4) is 6.07 Å². The standard InChI is InChI=1S/C26H21FN6O2S/c1-15-10-19(14-30-22(15)12-28)32-24(35)26(8-3-9-26)33(25(32)36)18-6-7-20(21(27)11-18)23(34)31-17-5-4-16(2)29-13-17/h4-7,10-11,13-14H,3,8-9H2,1-2H3,(H,31,34). The number of aromatic nitrogens is 2. The number of halogens is 1. The maximum atomic E-state index is 15.2. The van der Waals surface area contributed by atoms with Crippen LogP contribution in [0.25, 0.3) is 0 Å². The number of thiocarbonyl (C=S) groups is 1. The topological polar surface area (TPSA) is 102 Å². The van der Waals surface area contributed by atoms with Gasteiger partial charge in [0, 0.05) is 11.4 Å². The number of amides is 2. The van der Waals surface area contributed by atoms with Crippen LogP contribution in [0.5, 0.6) is 0 Å². The number of nitrogens with one attached hydrogen (secondary N) is 1. The average molecular weight is 501 g/mol. The summed E-state index contributed by atoms with van der Waals surface area (Å²) < 4.78 is 15.2. The lowest BCUT2D eigenvalue weighted by molar-refractivity contribution is -0.123. The van der Waals surface area contributed by atoms with Crippen LogP contribution < -0.4 is 15.1 Å². The van der Waals surface area contributed by atoms with E-state index in [4.69, 9.17) is 12.2 Å². The van der Waals surface area contributed by atoms with E-state index in [1.807, 2.05) is 13.0 Å². The van der Waals surface area contributed by atoms with Gasteiger partial charge in [-0.1, -0.05) is 0 Å². The molecule has 1 aromatic carbocycles. The summed E-state index contributed by atoms with van der Waals surface area (Å²) in [7, 11) is 0. The first-order valence-corrected chi connectivity index (χ1v) is 11.7. The van der Waals surface area contributed by atoms with E-state index in [0.717, 1.165) is 12.1 Å². The number of hydrogen-bond donors (Lipinski definition) is 1. The van der Waals surface area contributed by atoms with Gasteiger partial charge in [-0.15, -0.1) is 0 Å². The molecule has 2 amide bonds. The van der Waals surface area contributed by atoms with Gasteiger partial charge in [0.25, 0.3) is 11.8 Å². The van der Waals surface area contributed by atoms with Crippen LogP contribution >= 0.6 is 12.2 Å². The highest BCUT2D eigenvalue weighted by atomic mass is 32.1. The molecule has 1 saturated heterocycles. The third kappa shape index (κ3) is 3.69. The van der Waals surface area contributed by atoms with Crippen molar-refractivity contribution in [2.24, 2.45) is 0 Å². The van der Waals surface area contributed by atoms with Crippen LogP contribution in [-0.2, 0) is 4.79 Å². The Labute approximate surface area is 212 Å². The number of pyridine rings is 2. The molecule has 2 aromatic heterocycles. The number of aryl methyl sites for hydroxylation is 2. The molecule has 3 aromatic rings. The third-order valence-electron chi connectivity index (χ3n) is 6.65. The number of anilines is 3. The van der Waals surface area contributed by atoms with Crippen molar-refractivity contribution in [1.29, 1.82) is 5.26 Å². The fourth-order valence-corrected chi connectivity index (χ4v) is 5.04. The molecule has 1 N–H and O–H groups in total. The third-order valence-corrected chi connectivity index (χ3v) is 7.01. The van der Waals surface area contributed by atoms with Crippen molar-refractivity contribution >= 4 is 46.2 Å². The van der Waals surface area contributed by atoms with Gasteiger partial charge in [-0.3, -0.25) is 19.5 Å². The highest BCUT2D eigenvalue weighted by molar-refractivity contribution is 7.81. The molecule has 0 unspecified atom stereocenters. The van der Waals surface area contributed by atoms with E-state index in [-0.39, 0.29) is 22.3 Å². The lowest BCUT2D eigenvalue weighted by Gasteiger charge is -2.43. The van der Waals surface area contributed by atoms with Crippen LogP contribution in [0.1, 0.15) is 46.6 Å². The Morgan fingerprint density at radius 1 is 1.14 bits per heavy atom. The van der Waals surface area contributed by atoms with Gasteiger partial charge < -0.3 is 10.2 Å². The Balaban J connectivity index is 1.46. The van der Waals surface area contributed by atoms with Gasteiger partial charge in [0.1, 0.15) is 23.1 Å². The van der Waals surface area contributed by atoms with Crippen molar-refractivity contribution < 1.29 is 14.0 Å². The molecule has 1 spiro atoms.